The molecule has 1 aliphatic heterocycles. The number of hydrogen-bond acceptors (Lipinski definition) is 5. The number of aliphatic hydroxyl groups excluding tert-OH is 1. The fourth-order valence-corrected chi connectivity index (χ4v) is 3.75. The Labute approximate surface area is 153 Å². The summed E-state index contributed by atoms with van der Waals surface area (Å²) in [7, 11) is 0. The van der Waals surface area contributed by atoms with Gasteiger partial charge in [-0.25, -0.2) is 14.8 Å². The van der Waals surface area contributed by atoms with Crippen LogP contribution in [0.3, 0.4) is 0 Å². The predicted molar refractivity (Wildman–Crippen MR) is 100 cm³/mol. The van der Waals surface area contributed by atoms with Crippen LogP contribution in [0.5, 0.6) is 0 Å². The van der Waals surface area contributed by atoms with E-state index in [2.05, 4.69) is 19.9 Å². The maximum absolute atomic E-state index is 12.4. The van der Waals surface area contributed by atoms with Crippen molar-refractivity contribution < 1.29 is 9.84 Å². The summed E-state index contributed by atoms with van der Waals surface area (Å²) in [5.74, 6) is 0.0898. The molecule has 4 aromatic rings. The molecule has 0 aliphatic carbocycles. The normalized spacial score (nSPS) is 20.5. The number of ether oxygens (including phenoxy) is 1. The molecule has 3 N–H and O–H groups in total. The number of aromatic amines is 2. The zero-order valence-corrected chi connectivity index (χ0v) is 14.6. The van der Waals surface area contributed by atoms with Crippen LogP contribution >= 0.6 is 0 Å². The third-order valence-corrected chi connectivity index (χ3v) is 5.07. The van der Waals surface area contributed by atoms with E-state index in [9.17, 15) is 9.90 Å². The Morgan fingerprint density at radius 2 is 2.00 bits per heavy atom. The summed E-state index contributed by atoms with van der Waals surface area (Å²) >= 11 is 0. The van der Waals surface area contributed by atoms with Crippen molar-refractivity contribution in [3.63, 3.8) is 0 Å². The molecule has 0 bridgehead atoms. The second-order valence-electron chi connectivity index (χ2n) is 7.06. The Hall–Kier alpha value is -2.97. The number of fused-ring (bicyclic) bond motifs is 2. The summed E-state index contributed by atoms with van der Waals surface area (Å²) in [4.78, 5) is 27.2. The predicted octanol–water partition coefficient (Wildman–Crippen LogP) is 1.67. The van der Waals surface area contributed by atoms with Crippen molar-refractivity contribution in [1.82, 2.24) is 24.5 Å². The van der Waals surface area contributed by atoms with Crippen molar-refractivity contribution in [1.29, 1.82) is 0 Å². The molecule has 0 radical (unpaired) electrons. The van der Waals surface area contributed by atoms with Gasteiger partial charge in [-0.3, -0.25) is 9.55 Å². The Balaban J connectivity index is 1.55. The molecule has 0 spiro atoms. The highest BCUT2D eigenvalue weighted by molar-refractivity contribution is 5.84. The van der Waals surface area contributed by atoms with Gasteiger partial charge in [0.05, 0.1) is 24.8 Å². The highest BCUT2D eigenvalue weighted by Gasteiger charge is 2.23. The van der Waals surface area contributed by atoms with Crippen LogP contribution in [-0.4, -0.2) is 48.9 Å². The van der Waals surface area contributed by atoms with Gasteiger partial charge in [0.15, 0.2) is 5.65 Å². The van der Waals surface area contributed by atoms with Crippen molar-refractivity contribution in [2.24, 2.45) is 5.92 Å². The minimum atomic E-state index is -0.475. The van der Waals surface area contributed by atoms with Gasteiger partial charge in [0.2, 0.25) is 0 Å². The van der Waals surface area contributed by atoms with Crippen LogP contribution in [0, 0.1) is 5.92 Å². The number of H-pyrrole nitrogens is 2. The lowest BCUT2D eigenvalue weighted by molar-refractivity contribution is -0.0396. The Morgan fingerprint density at radius 3 is 2.85 bits per heavy atom. The average Bonchev–Trinajstić information content (AvgIpc) is 3.25. The van der Waals surface area contributed by atoms with Gasteiger partial charge in [-0.15, -0.1) is 0 Å². The summed E-state index contributed by atoms with van der Waals surface area (Å²) in [6.07, 6.45) is 5.54. The smallest absolute Gasteiger partial charge is 0.327 e. The van der Waals surface area contributed by atoms with Crippen LogP contribution in [-0.2, 0) is 11.3 Å². The van der Waals surface area contributed by atoms with E-state index in [0.29, 0.717) is 31.8 Å². The molecule has 0 unspecified atom stereocenters. The van der Waals surface area contributed by atoms with E-state index >= 15 is 0 Å². The maximum Gasteiger partial charge on any atom is 0.327 e. The number of rotatable bonds is 3. The molecule has 138 valence electrons. The third-order valence-electron chi connectivity index (χ3n) is 5.07. The standard InChI is InChI=1S/C19H19N5O3/c25-15-3-11(9-27-10-15)8-24-16-5-14(7-22-18(16)23-19(24)26)13-4-12-1-2-20-17(12)21-6-13/h1-2,4-7,11,15,25H,3,8-10H2,(H,20,21)(H,22,23,26)/t11-,15+/m0/s1. The van der Waals surface area contributed by atoms with Gasteiger partial charge in [0.1, 0.15) is 5.65 Å². The topological polar surface area (TPSA) is 109 Å². The van der Waals surface area contributed by atoms with Crippen molar-refractivity contribution in [2.45, 2.75) is 19.1 Å². The second-order valence-corrected chi connectivity index (χ2v) is 7.06. The molecular formula is C19H19N5O3. The Bertz CT molecular complexity index is 1170. The molecule has 8 nitrogen and oxygen atoms in total. The summed E-state index contributed by atoms with van der Waals surface area (Å²) in [6.45, 7) is 1.38. The summed E-state index contributed by atoms with van der Waals surface area (Å²) in [6, 6.07) is 5.97. The molecule has 0 saturated carbocycles. The van der Waals surface area contributed by atoms with Gasteiger partial charge in [-0.1, -0.05) is 0 Å². The fourth-order valence-electron chi connectivity index (χ4n) is 3.75. The zero-order valence-electron chi connectivity index (χ0n) is 14.6. The van der Waals surface area contributed by atoms with Gasteiger partial charge in [-0.05, 0) is 24.6 Å². The number of pyridine rings is 2. The first-order valence-corrected chi connectivity index (χ1v) is 8.95. The first-order valence-electron chi connectivity index (χ1n) is 8.95. The molecule has 1 aliphatic rings. The van der Waals surface area contributed by atoms with Crippen LogP contribution in [0.25, 0.3) is 33.3 Å². The second kappa shape index (κ2) is 6.33. The first-order chi connectivity index (χ1) is 13.2. The molecule has 4 aromatic heterocycles. The largest absolute Gasteiger partial charge is 0.391 e. The number of aromatic nitrogens is 5. The third kappa shape index (κ3) is 2.92. The van der Waals surface area contributed by atoms with Crippen molar-refractivity contribution >= 4 is 22.2 Å². The number of nitrogens with zero attached hydrogens (tertiary/aromatic N) is 3. The van der Waals surface area contributed by atoms with Crippen molar-refractivity contribution in [3.8, 4) is 11.1 Å². The average molecular weight is 365 g/mol. The lowest BCUT2D eigenvalue weighted by Gasteiger charge is -2.26. The van der Waals surface area contributed by atoms with E-state index in [1.807, 2.05) is 24.4 Å². The molecule has 2 atom stereocenters. The maximum atomic E-state index is 12.4. The molecule has 8 heteroatoms. The van der Waals surface area contributed by atoms with Gasteiger partial charge in [-0.2, -0.15) is 0 Å². The quantitative estimate of drug-likeness (QED) is 0.512. The van der Waals surface area contributed by atoms with Crippen LogP contribution < -0.4 is 5.69 Å². The van der Waals surface area contributed by atoms with Gasteiger partial charge in [0, 0.05) is 47.6 Å². The molecule has 5 heterocycles. The number of nitrogens with one attached hydrogen (secondary N) is 2. The van der Waals surface area contributed by atoms with E-state index in [-0.39, 0.29) is 11.6 Å². The van der Waals surface area contributed by atoms with Gasteiger partial charge in [0.25, 0.3) is 0 Å². The Morgan fingerprint density at radius 1 is 1.19 bits per heavy atom. The molecule has 27 heavy (non-hydrogen) atoms. The van der Waals surface area contributed by atoms with E-state index in [0.717, 1.165) is 27.7 Å². The highest BCUT2D eigenvalue weighted by Crippen LogP contribution is 2.25. The van der Waals surface area contributed by atoms with Crippen LogP contribution in [0.15, 0.2) is 41.6 Å². The molecule has 1 saturated heterocycles. The van der Waals surface area contributed by atoms with E-state index < -0.39 is 6.10 Å². The molecule has 5 rings (SSSR count). The molecule has 0 amide bonds. The lowest BCUT2D eigenvalue weighted by atomic mass is 10.0. The van der Waals surface area contributed by atoms with E-state index in [4.69, 9.17) is 4.74 Å². The molecular weight excluding hydrogens is 346 g/mol. The molecule has 1 fully saturated rings. The van der Waals surface area contributed by atoms with Gasteiger partial charge >= 0.3 is 5.69 Å². The van der Waals surface area contributed by atoms with Crippen LogP contribution in [0.2, 0.25) is 0 Å². The monoisotopic (exact) mass is 365 g/mol. The van der Waals surface area contributed by atoms with Crippen LogP contribution in [0.1, 0.15) is 6.42 Å². The first kappa shape index (κ1) is 16.2. The van der Waals surface area contributed by atoms with Gasteiger partial charge < -0.3 is 14.8 Å². The van der Waals surface area contributed by atoms with Crippen molar-refractivity contribution in [2.75, 3.05) is 13.2 Å². The highest BCUT2D eigenvalue weighted by atomic mass is 16.5. The summed E-state index contributed by atoms with van der Waals surface area (Å²) < 4.78 is 7.10. The SMILES string of the molecule is O=c1[nH]c2ncc(-c3cnc4[nH]ccc4c3)cc2n1C[C@H]1COC[C@H](O)C1. The van der Waals surface area contributed by atoms with E-state index in [1.165, 1.54) is 0 Å². The zero-order chi connectivity index (χ0) is 18.4. The number of hydrogen-bond donors (Lipinski definition) is 3. The molecule has 0 aromatic carbocycles. The minimum Gasteiger partial charge on any atom is -0.391 e. The lowest BCUT2D eigenvalue weighted by Crippen LogP contribution is -2.33. The van der Waals surface area contributed by atoms with Crippen molar-refractivity contribution in [3.05, 3.63) is 47.3 Å². The fraction of sp³-hybridized carbons (Fsp3) is 0.316. The number of imidazole rings is 1. The Kier molecular flexibility index (Phi) is 3.80. The minimum absolute atomic E-state index is 0.0898. The van der Waals surface area contributed by atoms with E-state index in [1.54, 1.807) is 17.0 Å². The van der Waals surface area contributed by atoms with Crippen LogP contribution in [0.4, 0.5) is 0 Å². The number of aliphatic hydroxyl groups is 1. The summed E-state index contributed by atoms with van der Waals surface area (Å²) in [5.41, 5.74) is 3.76. The summed E-state index contributed by atoms with van der Waals surface area (Å²) in [5, 5.41) is 10.8.